The van der Waals surface area contributed by atoms with Gasteiger partial charge in [-0.2, -0.15) is 0 Å². The van der Waals surface area contributed by atoms with E-state index in [0.29, 0.717) is 6.61 Å². The number of hydrogen-bond donors (Lipinski definition) is 1. The molecule has 1 N–H and O–H groups in total. The molecule has 0 aliphatic carbocycles. The van der Waals surface area contributed by atoms with Crippen molar-refractivity contribution in [3.8, 4) is 0 Å². The number of esters is 1. The fourth-order valence-electron chi connectivity index (χ4n) is 2.27. The van der Waals surface area contributed by atoms with Gasteiger partial charge in [0.15, 0.2) is 5.54 Å². The number of nitrogens with one attached hydrogen (secondary N) is 1. The Balaban J connectivity index is 2.42. The minimum atomic E-state index is -0.913. The van der Waals surface area contributed by atoms with E-state index in [-0.39, 0.29) is 5.97 Å². The molecule has 0 heterocycles. The van der Waals surface area contributed by atoms with Gasteiger partial charge in [-0.25, -0.2) is 4.79 Å². The standard InChI is InChI=1S/C18H21NO2/c1-4-21-17(20)18(3,15-11-6-5-7-12-15)19-16-13-9-8-10-14(16)2/h5-13,19H,4H2,1-3H3. The average molecular weight is 283 g/mol. The Bertz CT molecular complexity index is 610. The van der Waals surface area contributed by atoms with Crippen LogP contribution in [0.4, 0.5) is 5.69 Å². The molecule has 0 fully saturated rings. The molecular formula is C18H21NO2. The lowest BCUT2D eigenvalue weighted by molar-refractivity contribution is -0.148. The molecule has 0 aromatic heterocycles. The highest BCUT2D eigenvalue weighted by atomic mass is 16.5. The molecule has 110 valence electrons. The number of carbonyl (C=O) groups excluding carboxylic acids is 1. The Labute approximate surface area is 126 Å². The normalized spacial score (nSPS) is 13.3. The summed E-state index contributed by atoms with van der Waals surface area (Å²) < 4.78 is 5.27. The zero-order chi connectivity index (χ0) is 15.3. The van der Waals surface area contributed by atoms with Gasteiger partial charge in [0.2, 0.25) is 0 Å². The molecule has 1 unspecified atom stereocenters. The zero-order valence-corrected chi connectivity index (χ0v) is 12.7. The third-order valence-corrected chi connectivity index (χ3v) is 3.56. The summed E-state index contributed by atoms with van der Waals surface area (Å²) in [5.74, 6) is -0.278. The van der Waals surface area contributed by atoms with Crippen molar-refractivity contribution in [3.05, 3.63) is 65.7 Å². The third kappa shape index (κ3) is 3.24. The number of rotatable bonds is 5. The van der Waals surface area contributed by atoms with E-state index in [9.17, 15) is 4.79 Å². The average Bonchev–Trinajstić information content (AvgIpc) is 2.50. The first-order chi connectivity index (χ1) is 10.1. The van der Waals surface area contributed by atoms with E-state index in [0.717, 1.165) is 16.8 Å². The molecule has 21 heavy (non-hydrogen) atoms. The Morgan fingerprint density at radius 2 is 1.71 bits per heavy atom. The Kier molecular flexibility index (Phi) is 4.63. The van der Waals surface area contributed by atoms with Gasteiger partial charge in [0, 0.05) is 5.69 Å². The SMILES string of the molecule is CCOC(=O)C(C)(Nc1ccccc1C)c1ccccc1. The molecular weight excluding hydrogens is 262 g/mol. The molecule has 0 spiro atoms. The fourth-order valence-corrected chi connectivity index (χ4v) is 2.27. The van der Waals surface area contributed by atoms with Crippen molar-refractivity contribution in [2.45, 2.75) is 26.3 Å². The quantitative estimate of drug-likeness (QED) is 0.846. The predicted molar refractivity (Wildman–Crippen MR) is 85.2 cm³/mol. The third-order valence-electron chi connectivity index (χ3n) is 3.56. The number of ether oxygens (including phenoxy) is 1. The second kappa shape index (κ2) is 6.44. The summed E-state index contributed by atoms with van der Waals surface area (Å²) in [6.45, 7) is 6.04. The highest BCUT2D eigenvalue weighted by molar-refractivity contribution is 5.86. The lowest BCUT2D eigenvalue weighted by Crippen LogP contribution is -2.42. The van der Waals surface area contributed by atoms with Gasteiger partial charge < -0.3 is 10.1 Å². The van der Waals surface area contributed by atoms with E-state index >= 15 is 0 Å². The molecule has 0 saturated carbocycles. The van der Waals surface area contributed by atoms with Gasteiger partial charge in [0.25, 0.3) is 0 Å². The molecule has 0 aliphatic rings. The second-order valence-corrected chi connectivity index (χ2v) is 5.15. The second-order valence-electron chi connectivity index (χ2n) is 5.15. The van der Waals surface area contributed by atoms with E-state index in [2.05, 4.69) is 5.32 Å². The molecule has 2 aromatic carbocycles. The van der Waals surface area contributed by atoms with Crippen molar-refractivity contribution in [3.63, 3.8) is 0 Å². The van der Waals surface area contributed by atoms with Crippen LogP contribution in [0.15, 0.2) is 54.6 Å². The molecule has 1 atom stereocenters. The van der Waals surface area contributed by atoms with Crippen molar-refractivity contribution in [1.29, 1.82) is 0 Å². The van der Waals surface area contributed by atoms with Crippen LogP contribution in [-0.2, 0) is 15.1 Å². The molecule has 3 nitrogen and oxygen atoms in total. The van der Waals surface area contributed by atoms with Crippen LogP contribution in [0, 0.1) is 6.92 Å². The van der Waals surface area contributed by atoms with Crippen LogP contribution >= 0.6 is 0 Å². The summed E-state index contributed by atoms with van der Waals surface area (Å²) in [5.41, 5.74) is 1.98. The Hall–Kier alpha value is -2.29. The van der Waals surface area contributed by atoms with Gasteiger partial charge in [-0.1, -0.05) is 48.5 Å². The van der Waals surface area contributed by atoms with Gasteiger partial charge in [-0.05, 0) is 38.0 Å². The van der Waals surface area contributed by atoms with E-state index in [4.69, 9.17) is 4.74 Å². The van der Waals surface area contributed by atoms with Crippen LogP contribution in [0.3, 0.4) is 0 Å². The van der Waals surface area contributed by atoms with Crippen LogP contribution < -0.4 is 5.32 Å². The molecule has 0 radical (unpaired) electrons. The summed E-state index contributed by atoms with van der Waals surface area (Å²) in [6, 6.07) is 17.6. The van der Waals surface area contributed by atoms with Crippen molar-refractivity contribution >= 4 is 11.7 Å². The largest absolute Gasteiger partial charge is 0.464 e. The smallest absolute Gasteiger partial charge is 0.336 e. The molecule has 3 heteroatoms. The summed E-state index contributed by atoms with van der Waals surface area (Å²) in [4.78, 5) is 12.5. The van der Waals surface area contributed by atoms with Crippen LogP contribution in [-0.4, -0.2) is 12.6 Å². The first-order valence-corrected chi connectivity index (χ1v) is 7.14. The molecule has 2 aromatic rings. The van der Waals surface area contributed by atoms with Gasteiger partial charge in [0.05, 0.1) is 6.61 Å². The lowest BCUT2D eigenvalue weighted by atomic mass is 9.91. The van der Waals surface area contributed by atoms with Gasteiger partial charge in [-0.3, -0.25) is 0 Å². The van der Waals surface area contributed by atoms with Crippen molar-refractivity contribution in [1.82, 2.24) is 0 Å². The summed E-state index contributed by atoms with van der Waals surface area (Å²) in [5, 5.41) is 3.35. The molecule has 0 bridgehead atoms. The summed E-state index contributed by atoms with van der Waals surface area (Å²) in [6.07, 6.45) is 0. The first-order valence-electron chi connectivity index (χ1n) is 7.14. The number of anilines is 1. The summed E-state index contributed by atoms with van der Waals surface area (Å²) in [7, 11) is 0. The van der Waals surface area contributed by atoms with E-state index in [1.165, 1.54) is 0 Å². The molecule has 0 amide bonds. The van der Waals surface area contributed by atoms with Crippen LogP contribution in [0.5, 0.6) is 0 Å². The van der Waals surface area contributed by atoms with Gasteiger partial charge >= 0.3 is 5.97 Å². The van der Waals surface area contributed by atoms with E-state index in [1.54, 1.807) is 0 Å². The monoisotopic (exact) mass is 283 g/mol. The number of para-hydroxylation sites is 1. The number of aryl methyl sites for hydroxylation is 1. The first kappa shape index (κ1) is 15.1. The highest BCUT2D eigenvalue weighted by Gasteiger charge is 2.36. The maximum Gasteiger partial charge on any atom is 0.336 e. The number of hydrogen-bond acceptors (Lipinski definition) is 3. The van der Waals surface area contributed by atoms with Gasteiger partial charge in [0.1, 0.15) is 0 Å². The predicted octanol–water partition coefficient (Wildman–Crippen LogP) is 3.89. The molecule has 0 saturated heterocycles. The van der Waals surface area contributed by atoms with E-state index < -0.39 is 5.54 Å². The highest BCUT2D eigenvalue weighted by Crippen LogP contribution is 2.29. The van der Waals surface area contributed by atoms with Crippen LogP contribution in [0.25, 0.3) is 0 Å². The Morgan fingerprint density at radius 3 is 2.33 bits per heavy atom. The minimum Gasteiger partial charge on any atom is -0.464 e. The summed E-state index contributed by atoms with van der Waals surface area (Å²) >= 11 is 0. The number of benzene rings is 2. The molecule has 0 aliphatic heterocycles. The van der Waals surface area contributed by atoms with Crippen molar-refractivity contribution < 1.29 is 9.53 Å². The zero-order valence-electron chi connectivity index (χ0n) is 12.7. The van der Waals surface area contributed by atoms with Crippen LogP contribution in [0.2, 0.25) is 0 Å². The number of carbonyl (C=O) groups is 1. The van der Waals surface area contributed by atoms with Gasteiger partial charge in [-0.15, -0.1) is 0 Å². The minimum absolute atomic E-state index is 0.278. The molecule has 2 rings (SSSR count). The maximum absolute atomic E-state index is 12.5. The topological polar surface area (TPSA) is 38.3 Å². The maximum atomic E-state index is 12.5. The Morgan fingerprint density at radius 1 is 1.10 bits per heavy atom. The van der Waals surface area contributed by atoms with Crippen LogP contribution in [0.1, 0.15) is 25.0 Å². The van der Waals surface area contributed by atoms with E-state index in [1.807, 2.05) is 75.4 Å². The van der Waals surface area contributed by atoms with Crippen molar-refractivity contribution in [2.24, 2.45) is 0 Å². The lowest BCUT2D eigenvalue weighted by Gasteiger charge is -2.30. The van der Waals surface area contributed by atoms with Crippen molar-refractivity contribution in [2.75, 3.05) is 11.9 Å². The fraction of sp³-hybridized carbons (Fsp3) is 0.278.